The summed E-state index contributed by atoms with van der Waals surface area (Å²) >= 11 is 1.35. The first-order valence-corrected chi connectivity index (χ1v) is 8.66. The first kappa shape index (κ1) is 15.9. The Kier molecular flexibility index (Phi) is 5.24. The lowest BCUT2D eigenvalue weighted by Crippen LogP contribution is -2.41. The molecule has 1 fully saturated rings. The van der Waals surface area contributed by atoms with E-state index in [1.807, 2.05) is 19.1 Å². The molecule has 2 amide bonds. The van der Waals surface area contributed by atoms with Gasteiger partial charge in [0.2, 0.25) is 5.13 Å². The Bertz CT molecular complexity index is 622. The van der Waals surface area contributed by atoms with Gasteiger partial charge < -0.3 is 9.73 Å². The number of piperidine rings is 1. The standard InChI is InChI=1S/C15H21N5O2S/c1-11-18-19-15(23-11)17-14(21)16-10-12(13-6-5-9-22-13)20-7-3-2-4-8-20/h5-6,9,12H,2-4,7-8,10H2,1H3,(H2,16,17,19,21)/t12-/m0/s1. The normalized spacial score (nSPS) is 16.9. The van der Waals surface area contributed by atoms with E-state index in [2.05, 4.69) is 25.7 Å². The van der Waals surface area contributed by atoms with E-state index in [4.69, 9.17) is 4.42 Å². The second-order valence-corrected chi connectivity index (χ2v) is 6.77. The number of anilines is 1. The number of hydrogen-bond acceptors (Lipinski definition) is 6. The summed E-state index contributed by atoms with van der Waals surface area (Å²) in [5, 5.41) is 14.7. The summed E-state index contributed by atoms with van der Waals surface area (Å²) in [6.07, 6.45) is 5.32. The number of likely N-dealkylation sites (tertiary alicyclic amines) is 1. The summed E-state index contributed by atoms with van der Waals surface area (Å²) in [6, 6.07) is 3.64. The highest BCUT2D eigenvalue weighted by Crippen LogP contribution is 2.24. The van der Waals surface area contributed by atoms with Gasteiger partial charge in [0.1, 0.15) is 10.8 Å². The van der Waals surface area contributed by atoms with Crippen LogP contribution in [0.1, 0.15) is 36.1 Å². The highest BCUT2D eigenvalue weighted by Gasteiger charge is 2.25. The van der Waals surface area contributed by atoms with Crippen molar-refractivity contribution in [1.82, 2.24) is 20.4 Å². The van der Waals surface area contributed by atoms with Gasteiger partial charge in [-0.2, -0.15) is 0 Å². The third-order valence-corrected chi connectivity index (χ3v) is 4.66. The maximum atomic E-state index is 12.0. The van der Waals surface area contributed by atoms with Crippen LogP contribution in [0, 0.1) is 6.92 Å². The summed E-state index contributed by atoms with van der Waals surface area (Å²) in [5.74, 6) is 0.888. The molecular formula is C15H21N5O2S. The van der Waals surface area contributed by atoms with Crippen molar-refractivity contribution in [3.63, 3.8) is 0 Å². The first-order chi connectivity index (χ1) is 11.2. The van der Waals surface area contributed by atoms with Gasteiger partial charge in [-0.1, -0.05) is 17.8 Å². The Labute approximate surface area is 139 Å². The molecule has 0 saturated carbocycles. The molecule has 0 radical (unpaired) electrons. The fraction of sp³-hybridized carbons (Fsp3) is 0.533. The second-order valence-electron chi connectivity index (χ2n) is 5.59. The van der Waals surface area contributed by atoms with Crippen LogP contribution in [0.3, 0.4) is 0 Å². The van der Waals surface area contributed by atoms with Crippen LogP contribution in [0.15, 0.2) is 22.8 Å². The molecule has 2 N–H and O–H groups in total. The number of aromatic nitrogens is 2. The molecule has 0 bridgehead atoms. The molecule has 0 unspecified atom stereocenters. The van der Waals surface area contributed by atoms with Crippen molar-refractivity contribution in [3.05, 3.63) is 29.2 Å². The third kappa shape index (κ3) is 4.29. The Balaban J connectivity index is 1.58. The third-order valence-electron chi connectivity index (χ3n) is 3.91. The number of aryl methyl sites for hydroxylation is 1. The van der Waals surface area contributed by atoms with Gasteiger partial charge in [0, 0.05) is 6.54 Å². The topological polar surface area (TPSA) is 83.3 Å². The molecule has 2 aromatic heterocycles. The number of nitrogens with one attached hydrogen (secondary N) is 2. The van der Waals surface area contributed by atoms with Crippen molar-refractivity contribution in [2.45, 2.75) is 32.2 Å². The lowest BCUT2D eigenvalue weighted by atomic mass is 10.1. The summed E-state index contributed by atoms with van der Waals surface area (Å²) < 4.78 is 5.57. The summed E-state index contributed by atoms with van der Waals surface area (Å²) in [6.45, 7) is 4.41. The van der Waals surface area contributed by atoms with E-state index in [-0.39, 0.29) is 12.1 Å². The molecule has 1 aliphatic heterocycles. The van der Waals surface area contributed by atoms with Crippen molar-refractivity contribution < 1.29 is 9.21 Å². The predicted molar refractivity (Wildman–Crippen MR) is 88.5 cm³/mol. The molecule has 1 aliphatic rings. The Morgan fingerprint density at radius 3 is 2.87 bits per heavy atom. The zero-order chi connectivity index (χ0) is 16.1. The van der Waals surface area contributed by atoms with Gasteiger partial charge >= 0.3 is 6.03 Å². The Morgan fingerprint density at radius 1 is 1.39 bits per heavy atom. The Hall–Kier alpha value is -1.93. The summed E-state index contributed by atoms with van der Waals surface area (Å²) in [4.78, 5) is 14.4. The van der Waals surface area contributed by atoms with E-state index >= 15 is 0 Å². The predicted octanol–water partition coefficient (Wildman–Crippen LogP) is 2.79. The van der Waals surface area contributed by atoms with E-state index in [0.717, 1.165) is 23.9 Å². The van der Waals surface area contributed by atoms with Crippen LogP contribution in [0.2, 0.25) is 0 Å². The summed E-state index contributed by atoms with van der Waals surface area (Å²) in [7, 11) is 0. The van der Waals surface area contributed by atoms with E-state index in [9.17, 15) is 4.79 Å². The molecule has 3 heterocycles. The summed E-state index contributed by atoms with van der Waals surface area (Å²) in [5.41, 5.74) is 0. The molecule has 8 heteroatoms. The minimum Gasteiger partial charge on any atom is -0.468 e. The first-order valence-electron chi connectivity index (χ1n) is 7.85. The van der Waals surface area contributed by atoms with Gasteiger partial charge in [-0.05, 0) is 45.0 Å². The molecule has 0 aromatic carbocycles. The highest BCUT2D eigenvalue weighted by atomic mass is 32.1. The van der Waals surface area contributed by atoms with Crippen molar-refractivity contribution in [3.8, 4) is 0 Å². The zero-order valence-corrected chi connectivity index (χ0v) is 13.9. The van der Waals surface area contributed by atoms with Gasteiger partial charge in [-0.25, -0.2) is 4.79 Å². The number of nitrogens with zero attached hydrogens (tertiary/aromatic N) is 3. The SMILES string of the molecule is Cc1nnc(NC(=O)NC[C@@H](c2ccco2)N2CCCCC2)s1. The molecule has 23 heavy (non-hydrogen) atoms. The van der Waals surface area contributed by atoms with Gasteiger partial charge in [-0.15, -0.1) is 10.2 Å². The molecule has 7 nitrogen and oxygen atoms in total. The molecule has 0 aliphatic carbocycles. The second kappa shape index (κ2) is 7.56. The lowest BCUT2D eigenvalue weighted by molar-refractivity contribution is 0.144. The smallest absolute Gasteiger partial charge is 0.321 e. The zero-order valence-electron chi connectivity index (χ0n) is 13.1. The largest absolute Gasteiger partial charge is 0.468 e. The van der Waals surface area contributed by atoms with Crippen LogP contribution in [-0.4, -0.2) is 40.8 Å². The maximum absolute atomic E-state index is 12.0. The number of carbonyl (C=O) groups is 1. The molecular weight excluding hydrogens is 314 g/mol. The molecule has 1 saturated heterocycles. The van der Waals surface area contributed by atoms with Crippen molar-refractivity contribution in [2.24, 2.45) is 0 Å². The average Bonchev–Trinajstić information content (AvgIpc) is 3.21. The molecule has 1 atom stereocenters. The van der Waals surface area contributed by atoms with Crippen LogP contribution in [0.4, 0.5) is 9.93 Å². The van der Waals surface area contributed by atoms with E-state index in [0.29, 0.717) is 11.7 Å². The maximum Gasteiger partial charge on any atom is 0.321 e. The van der Waals surface area contributed by atoms with E-state index < -0.39 is 0 Å². The van der Waals surface area contributed by atoms with E-state index in [1.54, 1.807) is 6.26 Å². The van der Waals surface area contributed by atoms with Crippen molar-refractivity contribution in [2.75, 3.05) is 25.0 Å². The highest BCUT2D eigenvalue weighted by molar-refractivity contribution is 7.15. The van der Waals surface area contributed by atoms with Crippen molar-refractivity contribution in [1.29, 1.82) is 0 Å². The van der Waals surface area contributed by atoms with Gasteiger partial charge in [-0.3, -0.25) is 10.2 Å². The monoisotopic (exact) mass is 335 g/mol. The Morgan fingerprint density at radius 2 is 2.22 bits per heavy atom. The number of hydrogen-bond donors (Lipinski definition) is 2. The van der Waals surface area contributed by atoms with Crippen LogP contribution in [0.5, 0.6) is 0 Å². The van der Waals surface area contributed by atoms with Crippen molar-refractivity contribution >= 4 is 22.5 Å². The quantitative estimate of drug-likeness (QED) is 0.878. The van der Waals surface area contributed by atoms with Gasteiger partial charge in [0.25, 0.3) is 0 Å². The number of amides is 2. The fourth-order valence-corrected chi connectivity index (χ4v) is 3.39. The molecule has 3 rings (SSSR count). The average molecular weight is 335 g/mol. The molecule has 124 valence electrons. The number of furan rings is 1. The minimum absolute atomic E-state index is 0.0622. The van der Waals surface area contributed by atoms with E-state index in [1.165, 1.54) is 30.6 Å². The van der Waals surface area contributed by atoms with Crippen LogP contribution in [0.25, 0.3) is 0 Å². The minimum atomic E-state index is -0.269. The number of urea groups is 1. The van der Waals surface area contributed by atoms with Crippen LogP contribution < -0.4 is 10.6 Å². The fourth-order valence-electron chi connectivity index (χ4n) is 2.80. The lowest BCUT2D eigenvalue weighted by Gasteiger charge is -2.33. The van der Waals surface area contributed by atoms with Crippen LogP contribution in [-0.2, 0) is 0 Å². The molecule has 0 spiro atoms. The number of carbonyl (C=O) groups excluding carboxylic acids is 1. The number of rotatable bonds is 5. The van der Waals surface area contributed by atoms with Gasteiger partial charge in [0.15, 0.2) is 0 Å². The molecule has 2 aromatic rings. The van der Waals surface area contributed by atoms with Gasteiger partial charge in [0.05, 0.1) is 12.3 Å². The van der Waals surface area contributed by atoms with Crippen LogP contribution >= 0.6 is 11.3 Å².